The van der Waals surface area contributed by atoms with Crippen molar-refractivity contribution in [1.29, 1.82) is 0 Å². The lowest BCUT2D eigenvalue weighted by Crippen LogP contribution is -2.34. The van der Waals surface area contributed by atoms with E-state index in [4.69, 9.17) is 16.3 Å². The summed E-state index contributed by atoms with van der Waals surface area (Å²) in [7, 11) is 0. The van der Waals surface area contributed by atoms with Gasteiger partial charge in [-0.3, -0.25) is 9.59 Å². The number of hydrogen-bond acceptors (Lipinski definition) is 5. The maximum atomic E-state index is 12.7. The van der Waals surface area contributed by atoms with Gasteiger partial charge in [0.1, 0.15) is 5.75 Å². The molecule has 0 bridgehead atoms. The number of halogens is 1. The average Bonchev–Trinajstić information content (AvgIpc) is 2.88. The molecule has 2 N–H and O–H groups in total. The predicted molar refractivity (Wildman–Crippen MR) is 140 cm³/mol. The van der Waals surface area contributed by atoms with E-state index >= 15 is 0 Å². The third kappa shape index (κ3) is 6.14. The highest BCUT2D eigenvalue weighted by atomic mass is 35.5. The first kappa shape index (κ1) is 24.6. The van der Waals surface area contributed by atoms with E-state index in [1.54, 1.807) is 42.5 Å². The number of rotatable bonds is 7. The van der Waals surface area contributed by atoms with E-state index in [0.717, 1.165) is 16.3 Å². The van der Waals surface area contributed by atoms with E-state index in [1.807, 2.05) is 43.3 Å². The van der Waals surface area contributed by atoms with Crippen LogP contribution < -0.4 is 15.5 Å². The lowest BCUT2D eigenvalue weighted by Gasteiger charge is -2.11. The number of carbonyl (C=O) groups excluding carboxylic acids is 3. The minimum atomic E-state index is -0.528. The monoisotopic (exact) mass is 499 g/mol. The third-order valence-electron chi connectivity index (χ3n) is 5.27. The molecule has 0 aliphatic carbocycles. The molecule has 180 valence electrons. The van der Waals surface area contributed by atoms with Crippen LogP contribution >= 0.6 is 11.6 Å². The molecule has 0 aromatic heterocycles. The first-order chi connectivity index (χ1) is 17.4. The molecule has 36 heavy (non-hydrogen) atoms. The van der Waals surface area contributed by atoms with Crippen molar-refractivity contribution in [3.8, 4) is 5.75 Å². The van der Waals surface area contributed by atoms with Gasteiger partial charge in [-0.15, -0.1) is 0 Å². The lowest BCUT2D eigenvalue weighted by molar-refractivity contribution is -0.120. The van der Waals surface area contributed by atoms with Crippen LogP contribution in [0.4, 0.5) is 0 Å². The standard InChI is InChI=1S/C28H22ClN3O4/c1-18-6-4-9-21(14-18)28(35)36-25-13-12-19-7-2-3-11-23(19)24(25)16-31-32-26(33)17-30-27(34)20-8-5-10-22(29)15-20/h2-16H,17H2,1H3,(H,30,34)(H,32,33). The van der Waals surface area contributed by atoms with E-state index in [1.165, 1.54) is 12.3 Å². The second-order valence-corrected chi connectivity index (χ2v) is 8.38. The second kappa shape index (κ2) is 11.3. The number of benzene rings is 4. The average molecular weight is 500 g/mol. The number of nitrogens with zero attached hydrogens (tertiary/aromatic N) is 1. The summed E-state index contributed by atoms with van der Waals surface area (Å²) in [5, 5.41) is 8.66. The number of ether oxygens (including phenoxy) is 1. The molecule has 7 nitrogen and oxygen atoms in total. The molecule has 0 aliphatic heterocycles. The van der Waals surface area contributed by atoms with Crippen molar-refractivity contribution in [2.24, 2.45) is 5.10 Å². The Labute approximate surface area is 212 Å². The number of esters is 1. The number of aryl methyl sites for hydroxylation is 1. The Balaban J connectivity index is 1.47. The van der Waals surface area contributed by atoms with Crippen molar-refractivity contribution in [2.45, 2.75) is 6.92 Å². The van der Waals surface area contributed by atoms with E-state index in [0.29, 0.717) is 27.5 Å². The van der Waals surface area contributed by atoms with Crippen molar-refractivity contribution >= 4 is 46.4 Å². The topological polar surface area (TPSA) is 96.9 Å². The highest BCUT2D eigenvalue weighted by Crippen LogP contribution is 2.27. The quantitative estimate of drug-likeness (QED) is 0.163. The lowest BCUT2D eigenvalue weighted by atomic mass is 10.0. The molecule has 4 rings (SSSR count). The summed E-state index contributed by atoms with van der Waals surface area (Å²) in [6.07, 6.45) is 1.41. The van der Waals surface area contributed by atoms with Crippen LogP contribution in [0.25, 0.3) is 10.8 Å². The maximum absolute atomic E-state index is 12.7. The number of hydrazone groups is 1. The number of nitrogens with one attached hydrogen (secondary N) is 2. The minimum Gasteiger partial charge on any atom is -0.422 e. The molecular weight excluding hydrogens is 478 g/mol. The SMILES string of the molecule is Cc1cccc(C(=O)Oc2ccc3ccccc3c2C=NNC(=O)CNC(=O)c2cccc(Cl)c2)c1. The molecule has 0 fully saturated rings. The normalized spacial score (nSPS) is 10.8. The fraction of sp³-hybridized carbons (Fsp3) is 0.0714. The van der Waals surface area contributed by atoms with Gasteiger partial charge in [0, 0.05) is 16.1 Å². The molecule has 0 heterocycles. The predicted octanol–water partition coefficient (Wildman–Crippen LogP) is 4.90. The summed E-state index contributed by atoms with van der Waals surface area (Å²) in [6.45, 7) is 1.61. The van der Waals surface area contributed by atoms with Gasteiger partial charge in [0.25, 0.3) is 11.8 Å². The van der Waals surface area contributed by atoms with Crippen LogP contribution in [0.3, 0.4) is 0 Å². The van der Waals surface area contributed by atoms with Crippen LogP contribution in [-0.4, -0.2) is 30.5 Å². The van der Waals surface area contributed by atoms with Gasteiger partial charge in [-0.1, -0.05) is 65.7 Å². The smallest absolute Gasteiger partial charge is 0.343 e. The summed E-state index contributed by atoms with van der Waals surface area (Å²) in [4.78, 5) is 37.2. The number of fused-ring (bicyclic) bond motifs is 1. The largest absolute Gasteiger partial charge is 0.422 e. The molecular formula is C28H22ClN3O4. The fourth-order valence-electron chi connectivity index (χ4n) is 3.53. The first-order valence-corrected chi connectivity index (χ1v) is 11.4. The zero-order valence-electron chi connectivity index (χ0n) is 19.3. The van der Waals surface area contributed by atoms with Crippen LogP contribution in [0, 0.1) is 6.92 Å². The van der Waals surface area contributed by atoms with Crippen molar-refractivity contribution in [2.75, 3.05) is 6.54 Å². The van der Waals surface area contributed by atoms with Gasteiger partial charge in [-0.05, 0) is 54.1 Å². The zero-order chi connectivity index (χ0) is 25.5. The van der Waals surface area contributed by atoms with Crippen LogP contribution in [-0.2, 0) is 4.79 Å². The Bertz CT molecular complexity index is 1480. The number of carbonyl (C=O) groups is 3. The van der Waals surface area contributed by atoms with Gasteiger partial charge in [0.2, 0.25) is 0 Å². The van der Waals surface area contributed by atoms with Gasteiger partial charge in [-0.2, -0.15) is 5.10 Å². The molecule has 2 amide bonds. The molecule has 0 saturated carbocycles. The van der Waals surface area contributed by atoms with Crippen molar-refractivity contribution in [3.05, 3.63) is 112 Å². The molecule has 0 unspecified atom stereocenters. The summed E-state index contributed by atoms with van der Waals surface area (Å²) < 4.78 is 5.68. The second-order valence-electron chi connectivity index (χ2n) is 7.94. The highest BCUT2D eigenvalue weighted by Gasteiger charge is 2.14. The molecule has 4 aromatic rings. The molecule has 8 heteroatoms. The summed E-state index contributed by atoms with van der Waals surface area (Å²) in [5.74, 6) is -1.17. The molecule has 0 saturated heterocycles. The van der Waals surface area contributed by atoms with Crippen LogP contribution in [0.5, 0.6) is 5.75 Å². The summed E-state index contributed by atoms with van der Waals surface area (Å²) in [6, 6.07) is 24.6. The number of amides is 2. The van der Waals surface area contributed by atoms with E-state index in [9.17, 15) is 14.4 Å². The minimum absolute atomic E-state index is 0.284. The maximum Gasteiger partial charge on any atom is 0.343 e. The van der Waals surface area contributed by atoms with Gasteiger partial charge >= 0.3 is 5.97 Å². The number of hydrogen-bond donors (Lipinski definition) is 2. The molecule has 0 radical (unpaired) electrons. The van der Waals surface area contributed by atoms with Crippen molar-refractivity contribution in [3.63, 3.8) is 0 Å². The van der Waals surface area contributed by atoms with Gasteiger partial charge < -0.3 is 10.1 Å². The summed E-state index contributed by atoms with van der Waals surface area (Å²) >= 11 is 5.90. The zero-order valence-corrected chi connectivity index (χ0v) is 20.1. The van der Waals surface area contributed by atoms with Crippen molar-refractivity contribution in [1.82, 2.24) is 10.7 Å². The Hall–Kier alpha value is -4.49. The van der Waals surface area contributed by atoms with E-state index in [-0.39, 0.29) is 6.54 Å². The Morgan fingerprint density at radius 1 is 0.917 bits per heavy atom. The Kier molecular flexibility index (Phi) is 7.72. The van der Waals surface area contributed by atoms with Gasteiger partial charge in [-0.25, -0.2) is 10.2 Å². The fourth-order valence-corrected chi connectivity index (χ4v) is 3.72. The molecule has 0 atom stereocenters. The van der Waals surface area contributed by atoms with E-state index in [2.05, 4.69) is 15.8 Å². The molecule has 0 aliphatic rings. The highest BCUT2D eigenvalue weighted by molar-refractivity contribution is 6.31. The molecule has 4 aromatic carbocycles. The third-order valence-corrected chi connectivity index (χ3v) is 5.50. The van der Waals surface area contributed by atoms with Gasteiger partial charge in [0.05, 0.1) is 18.3 Å². The van der Waals surface area contributed by atoms with Crippen LogP contribution in [0.15, 0.2) is 90.0 Å². The molecule has 0 spiro atoms. The van der Waals surface area contributed by atoms with Crippen LogP contribution in [0.1, 0.15) is 31.8 Å². The summed E-state index contributed by atoms with van der Waals surface area (Å²) in [5.41, 5.74) is 4.62. The van der Waals surface area contributed by atoms with E-state index < -0.39 is 17.8 Å². The van der Waals surface area contributed by atoms with Crippen molar-refractivity contribution < 1.29 is 19.1 Å². The van der Waals surface area contributed by atoms with Gasteiger partial charge in [0.15, 0.2) is 0 Å². The Morgan fingerprint density at radius 2 is 1.69 bits per heavy atom. The first-order valence-electron chi connectivity index (χ1n) is 11.1. The van der Waals surface area contributed by atoms with Crippen LogP contribution in [0.2, 0.25) is 5.02 Å². The Morgan fingerprint density at radius 3 is 2.50 bits per heavy atom.